The lowest BCUT2D eigenvalue weighted by molar-refractivity contribution is -0.133. The molecule has 1 aliphatic heterocycles. The number of amides is 1. The Labute approximate surface area is 137 Å². The Bertz CT molecular complexity index is 610. The van der Waals surface area contributed by atoms with Crippen molar-refractivity contribution in [1.82, 2.24) is 4.90 Å². The third kappa shape index (κ3) is 3.91. The fourth-order valence-electron chi connectivity index (χ4n) is 3.00. The topological polar surface area (TPSA) is 72.6 Å². The first kappa shape index (κ1) is 17.5. The number of rotatable bonds is 4. The molecule has 1 saturated heterocycles. The molecule has 23 heavy (non-hydrogen) atoms. The molecule has 5 nitrogen and oxygen atoms in total. The quantitative estimate of drug-likeness (QED) is 0.862. The number of likely N-dealkylation sites (tertiary alicyclic amines) is 1. The third-order valence-corrected chi connectivity index (χ3v) is 4.69. The molecule has 1 aromatic carbocycles. The third-order valence-electron chi connectivity index (χ3n) is 4.69. The van der Waals surface area contributed by atoms with Gasteiger partial charge < -0.3 is 15.4 Å². The number of ether oxygens (including phenoxy) is 1. The van der Waals surface area contributed by atoms with E-state index in [4.69, 9.17) is 10.5 Å². The van der Waals surface area contributed by atoms with E-state index < -0.39 is 0 Å². The van der Waals surface area contributed by atoms with Crippen molar-refractivity contribution < 1.29 is 14.3 Å². The van der Waals surface area contributed by atoms with Crippen molar-refractivity contribution in [2.24, 2.45) is 11.1 Å². The fraction of sp³-hybridized carbons (Fsp3) is 0.556. The van der Waals surface area contributed by atoms with Crippen molar-refractivity contribution in [3.05, 3.63) is 29.3 Å². The van der Waals surface area contributed by atoms with Crippen LogP contribution in [-0.4, -0.2) is 42.8 Å². The molecule has 1 heterocycles. The smallest absolute Gasteiger partial charge is 0.227 e. The molecule has 0 bridgehead atoms. The summed E-state index contributed by atoms with van der Waals surface area (Å²) in [5.74, 6) is 0.659. The first-order chi connectivity index (χ1) is 10.7. The van der Waals surface area contributed by atoms with Crippen molar-refractivity contribution in [1.29, 1.82) is 0 Å². The molecule has 0 aromatic heterocycles. The number of benzene rings is 1. The highest BCUT2D eigenvalue weighted by Gasteiger charge is 2.35. The van der Waals surface area contributed by atoms with Gasteiger partial charge in [-0.2, -0.15) is 0 Å². The molecule has 2 rings (SSSR count). The first-order valence-corrected chi connectivity index (χ1v) is 7.96. The molecule has 1 unspecified atom stereocenters. The van der Waals surface area contributed by atoms with Crippen LogP contribution in [0.4, 0.5) is 0 Å². The van der Waals surface area contributed by atoms with Crippen LogP contribution in [0.5, 0.6) is 5.75 Å². The lowest BCUT2D eigenvalue weighted by Gasteiger charge is -2.42. The van der Waals surface area contributed by atoms with Gasteiger partial charge in [0.25, 0.3) is 0 Å². The predicted octanol–water partition coefficient (Wildman–Crippen LogP) is 2.03. The number of nitrogens with two attached hydrogens (primary N) is 1. The number of methoxy groups -OCH3 is 1. The summed E-state index contributed by atoms with van der Waals surface area (Å²) in [7, 11) is 1.57. The van der Waals surface area contributed by atoms with Crippen molar-refractivity contribution in [2.75, 3.05) is 20.2 Å². The number of carbonyl (C=O) groups excluding carboxylic acids is 2. The van der Waals surface area contributed by atoms with Gasteiger partial charge in [-0.1, -0.05) is 13.8 Å². The Morgan fingerprint density at radius 1 is 1.39 bits per heavy atom. The van der Waals surface area contributed by atoms with Crippen molar-refractivity contribution >= 4 is 11.7 Å². The summed E-state index contributed by atoms with van der Waals surface area (Å²) >= 11 is 0. The van der Waals surface area contributed by atoms with E-state index in [-0.39, 0.29) is 29.6 Å². The van der Waals surface area contributed by atoms with Crippen LogP contribution in [0.25, 0.3) is 0 Å². The fourth-order valence-corrected chi connectivity index (χ4v) is 3.00. The maximum absolute atomic E-state index is 12.7. The van der Waals surface area contributed by atoms with Crippen molar-refractivity contribution in [2.45, 2.75) is 39.7 Å². The summed E-state index contributed by atoms with van der Waals surface area (Å²) in [5, 5.41) is 0. The van der Waals surface area contributed by atoms with Crippen molar-refractivity contribution in [3.8, 4) is 5.75 Å². The highest BCUT2D eigenvalue weighted by Crippen LogP contribution is 2.29. The monoisotopic (exact) mass is 318 g/mol. The van der Waals surface area contributed by atoms with Crippen LogP contribution in [0, 0.1) is 5.41 Å². The molecule has 1 atom stereocenters. The van der Waals surface area contributed by atoms with Crippen LogP contribution in [0.2, 0.25) is 0 Å². The predicted molar refractivity (Wildman–Crippen MR) is 89.7 cm³/mol. The Morgan fingerprint density at radius 3 is 2.65 bits per heavy atom. The Morgan fingerprint density at radius 2 is 2.09 bits per heavy atom. The van der Waals surface area contributed by atoms with Crippen LogP contribution < -0.4 is 10.5 Å². The average Bonchev–Trinajstić information content (AvgIpc) is 2.49. The molecule has 1 amide bonds. The molecule has 0 spiro atoms. The second-order valence-electron chi connectivity index (χ2n) is 6.96. The molecular weight excluding hydrogens is 292 g/mol. The molecule has 1 fully saturated rings. The molecule has 126 valence electrons. The molecule has 1 aromatic rings. The SMILES string of the molecule is COc1ccc(C(C)=O)cc1CC(=O)N1CCC(N)C(C)(C)C1. The number of piperidine rings is 1. The summed E-state index contributed by atoms with van der Waals surface area (Å²) in [6.45, 7) is 7.03. The molecule has 2 N–H and O–H groups in total. The molecule has 1 aliphatic rings. The molecular formula is C18H26N2O3. The van der Waals surface area contributed by atoms with E-state index in [1.807, 2.05) is 4.90 Å². The second kappa shape index (κ2) is 6.71. The molecule has 5 heteroatoms. The van der Waals surface area contributed by atoms with Crippen molar-refractivity contribution in [3.63, 3.8) is 0 Å². The lowest BCUT2D eigenvalue weighted by atomic mass is 9.79. The van der Waals surface area contributed by atoms with E-state index >= 15 is 0 Å². The van der Waals surface area contributed by atoms with Gasteiger partial charge in [-0.3, -0.25) is 9.59 Å². The van der Waals surface area contributed by atoms with E-state index in [0.717, 1.165) is 12.0 Å². The van der Waals surface area contributed by atoms with Gasteiger partial charge in [0.2, 0.25) is 5.91 Å². The minimum Gasteiger partial charge on any atom is -0.496 e. The highest BCUT2D eigenvalue weighted by atomic mass is 16.5. The van der Waals surface area contributed by atoms with Gasteiger partial charge in [-0.25, -0.2) is 0 Å². The van der Waals surface area contributed by atoms with Gasteiger partial charge >= 0.3 is 0 Å². The zero-order chi connectivity index (χ0) is 17.2. The van der Waals surface area contributed by atoms with Crippen LogP contribution in [0.1, 0.15) is 43.1 Å². The van der Waals surface area contributed by atoms with E-state index in [9.17, 15) is 9.59 Å². The summed E-state index contributed by atoms with van der Waals surface area (Å²) in [4.78, 5) is 26.1. The largest absolute Gasteiger partial charge is 0.496 e. The van der Waals surface area contributed by atoms with E-state index in [1.54, 1.807) is 25.3 Å². The van der Waals surface area contributed by atoms with E-state index in [1.165, 1.54) is 6.92 Å². The highest BCUT2D eigenvalue weighted by molar-refractivity contribution is 5.94. The number of hydrogen-bond acceptors (Lipinski definition) is 4. The number of ketones is 1. The maximum atomic E-state index is 12.7. The maximum Gasteiger partial charge on any atom is 0.227 e. The van der Waals surface area contributed by atoms with Crippen LogP contribution >= 0.6 is 0 Å². The minimum atomic E-state index is -0.0841. The van der Waals surface area contributed by atoms with Gasteiger partial charge in [0.15, 0.2) is 5.78 Å². The average molecular weight is 318 g/mol. The molecule has 0 aliphatic carbocycles. The lowest BCUT2D eigenvalue weighted by Crippen LogP contribution is -2.54. The van der Waals surface area contributed by atoms with Gasteiger partial charge in [-0.05, 0) is 37.0 Å². The number of carbonyl (C=O) groups is 2. The van der Waals surface area contributed by atoms with E-state index in [0.29, 0.717) is 24.4 Å². The normalized spacial score (nSPS) is 20.2. The summed E-state index contributed by atoms with van der Waals surface area (Å²) in [6, 6.07) is 5.33. The van der Waals surface area contributed by atoms with Gasteiger partial charge in [0.1, 0.15) is 5.75 Å². The second-order valence-corrected chi connectivity index (χ2v) is 6.96. The van der Waals surface area contributed by atoms with Crippen LogP contribution in [-0.2, 0) is 11.2 Å². The Hall–Kier alpha value is -1.88. The van der Waals surface area contributed by atoms with Gasteiger partial charge in [0, 0.05) is 30.3 Å². The number of hydrogen-bond donors (Lipinski definition) is 1. The first-order valence-electron chi connectivity index (χ1n) is 7.96. The summed E-state index contributed by atoms with van der Waals surface area (Å²) in [6.07, 6.45) is 1.04. The van der Waals surface area contributed by atoms with E-state index in [2.05, 4.69) is 13.8 Å². The zero-order valence-electron chi connectivity index (χ0n) is 14.4. The van der Waals surface area contributed by atoms with Gasteiger partial charge in [0.05, 0.1) is 13.5 Å². The molecule has 0 saturated carbocycles. The zero-order valence-corrected chi connectivity index (χ0v) is 14.4. The summed E-state index contributed by atoms with van der Waals surface area (Å²) < 4.78 is 5.32. The number of Topliss-reactive ketones (excluding diaryl/α,β-unsaturated/α-hetero) is 1. The Kier molecular flexibility index (Phi) is 5.09. The van der Waals surface area contributed by atoms with Crippen LogP contribution in [0.15, 0.2) is 18.2 Å². The van der Waals surface area contributed by atoms with Gasteiger partial charge in [-0.15, -0.1) is 0 Å². The van der Waals surface area contributed by atoms with Crippen LogP contribution in [0.3, 0.4) is 0 Å². The Balaban J connectivity index is 2.16. The minimum absolute atomic E-state index is 0.0218. The molecule has 0 radical (unpaired) electrons. The number of nitrogens with zero attached hydrogens (tertiary/aromatic N) is 1. The standard InChI is InChI=1S/C18H26N2O3/c1-12(21)13-5-6-15(23-4)14(9-13)10-17(22)20-8-7-16(19)18(2,3)11-20/h5-6,9,16H,7-8,10-11,19H2,1-4H3. The summed E-state index contributed by atoms with van der Waals surface area (Å²) in [5.41, 5.74) is 7.39.